The molecule has 3 fully saturated rings. The van der Waals surface area contributed by atoms with Gasteiger partial charge in [-0.2, -0.15) is 0 Å². The van der Waals surface area contributed by atoms with Gasteiger partial charge in [0.05, 0.1) is 19.3 Å². The second-order valence-electron chi connectivity index (χ2n) is 12.9. The van der Waals surface area contributed by atoms with E-state index in [4.69, 9.17) is 32.8 Å². The number of phenols is 3. The molecule has 53 heavy (non-hydrogen) atoms. The second kappa shape index (κ2) is 15.6. The minimum absolute atomic E-state index is 0.112. The Balaban J connectivity index is 1.39. The van der Waals surface area contributed by atoms with Crippen LogP contribution in [0.3, 0.4) is 0 Å². The Morgan fingerprint density at radius 3 is 1.98 bits per heavy atom. The molecule has 4 heterocycles. The van der Waals surface area contributed by atoms with Gasteiger partial charge in [-0.15, -0.1) is 0 Å². The van der Waals surface area contributed by atoms with E-state index in [2.05, 4.69) is 0 Å². The maximum atomic E-state index is 14.0. The molecule has 20 heteroatoms. The topological polar surface area (TPSA) is 328 Å². The van der Waals surface area contributed by atoms with Crippen LogP contribution in [0, 0.1) is 0 Å². The van der Waals surface area contributed by atoms with Crippen LogP contribution in [0.25, 0.3) is 22.3 Å². The number of aromatic hydroxyl groups is 3. The van der Waals surface area contributed by atoms with E-state index in [-0.39, 0.29) is 22.7 Å². The Labute approximate surface area is 298 Å². The van der Waals surface area contributed by atoms with Gasteiger partial charge in [-0.1, -0.05) is 0 Å². The van der Waals surface area contributed by atoms with Crippen LogP contribution in [-0.4, -0.2) is 167 Å². The van der Waals surface area contributed by atoms with E-state index in [1.807, 2.05) is 0 Å². The quantitative estimate of drug-likeness (QED) is 0.100. The van der Waals surface area contributed by atoms with Crippen molar-refractivity contribution in [2.45, 2.75) is 99.0 Å². The number of hydrogen-bond acceptors (Lipinski definition) is 20. The van der Waals surface area contributed by atoms with Crippen LogP contribution < -0.4 is 10.2 Å². The Bertz CT molecular complexity index is 1780. The average Bonchev–Trinajstić information content (AvgIpc) is 3.12. The molecule has 20 nitrogen and oxygen atoms in total. The van der Waals surface area contributed by atoms with Crippen LogP contribution in [0.1, 0.15) is 6.92 Å². The van der Waals surface area contributed by atoms with Crippen LogP contribution in [0.4, 0.5) is 0 Å². The minimum atomic E-state index is -2.06. The number of aliphatic hydroxyl groups is 9. The van der Waals surface area contributed by atoms with Crippen molar-refractivity contribution in [3.63, 3.8) is 0 Å². The summed E-state index contributed by atoms with van der Waals surface area (Å²) in [5, 5.41) is 124. The SMILES string of the molecule is C[C@H]1O[C@H](OC[C@@H]2O[C@H](Oc3c(-c4ccc(O)cc4)oc4cc(O)cc(O)c4c3=O)[C@@H](O[C@H]3O[C@@H](CO)[C@H](O)[C@@H](O)[C@@H]3O)[C@H](O)[C@H]2O)[C@@H](O)[C@@H](O)[C@@H]1O. The number of aliphatic hydroxyl groups excluding tert-OH is 9. The van der Waals surface area contributed by atoms with Crippen LogP contribution >= 0.6 is 0 Å². The van der Waals surface area contributed by atoms with Gasteiger partial charge in [0.1, 0.15) is 89.3 Å². The molecule has 3 saturated heterocycles. The summed E-state index contributed by atoms with van der Waals surface area (Å²) < 4.78 is 40.0. The normalized spacial score (nSPS) is 37.8. The van der Waals surface area contributed by atoms with Crippen molar-refractivity contribution in [2.24, 2.45) is 0 Å². The van der Waals surface area contributed by atoms with Crippen LogP contribution in [-0.2, 0) is 23.7 Å². The molecule has 3 aliphatic rings. The third-order valence-corrected chi connectivity index (χ3v) is 9.30. The first-order valence-corrected chi connectivity index (χ1v) is 16.4. The zero-order valence-corrected chi connectivity index (χ0v) is 27.7. The molecule has 6 rings (SSSR count). The molecule has 0 bridgehead atoms. The predicted octanol–water partition coefficient (Wildman–Crippen LogP) is -3.57. The molecule has 2 aromatic carbocycles. The summed E-state index contributed by atoms with van der Waals surface area (Å²) in [5.41, 5.74) is -1.23. The zero-order valence-electron chi connectivity index (χ0n) is 27.7. The molecule has 1 aromatic heterocycles. The summed E-state index contributed by atoms with van der Waals surface area (Å²) in [6.07, 6.45) is -26.1. The van der Waals surface area contributed by atoms with Gasteiger partial charge in [0, 0.05) is 17.7 Å². The summed E-state index contributed by atoms with van der Waals surface area (Å²) in [6, 6.07) is 7.05. The van der Waals surface area contributed by atoms with Gasteiger partial charge in [-0.25, -0.2) is 0 Å². The molecule has 3 aliphatic heterocycles. The van der Waals surface area contributed by atoms with E-state index in [0.29, 0.717) is 0 Å². The highest BCUT2D eigenvalue weighted by atomic mass is 16.8. The van der Waals surface area contributed by atoms with Crippen LogP contribution in [0.2, 0.25) is 0 Å². The molecule has 12 N–H and O–H groups in total. The van der Waals surface area contributed by atoms with E-state index in [0.717, 1.165) is 12.1 Å². The molecule has 0 amide bonds. The van der Waals surface area contributed by atoms with E-state index in [1.54, 1.807) is 0 Å². The number of hydrogen-bond donors (Lipinski definition) is 12. The van der Waals surface area contributed by atoms with Crippen molar-refractivity contribution in [1.29, 1.82) is 0 Å². The van der Waals surface area contributed by atoms with Crippen LogP contribution in [0.15, 0.2) is 45.6 Å². The van der Waals surface area contributed by atoms with Gasteiger partial charge in [-0.3, -0.25) is 4.79 Å². The fraction of sp³-hybridized carbons (Fsp3) is 0.545. The van der Waals surface area contributed by atoms with Crippen molar-refractivity contribution < 1.29 is 94.1 Å². The van der Waals surface area contributed by atoms with Crippen LogP contribution in [0.5, 0.6) is 23.0 Å². The van der Waals surface area contributed by atoms with E-state index in [1.165, 1.54) is 31.2 Å². The fourth-order valence-electron chi connectivity index (χ4n) is 6.25. The number of rotatable bonds is 9. The van der Waals surface area contributed by atoms with E-state index >= 15 is 0 Å². The van der Waals surface area contributed by atoms with Crippen molar-refractivity contribution >= 4 is 11.0 Å². The Morgan fingerprint density at radius 2 is 1.30 bits per heavy atom. The first-order chi connectivity index (χ1) is 25.1. The van der Waals surface area contributed by atoms with Gasteiger partial charge < -0.3 is 94.1 Å². The molecule has 0 spiro atoms. The number of fused-ring (bicyclic) bond motifs is 1. The Hall–Kier alpha value is -3.71. The molecule has 0 saturated carbocycles. The molecule has 0 unspecified atom stereocenters. The summed E-state index contributed by atoms with van der Waals surface area (Å²) in [5.74, 6) is -2.39. The van der Waals surface area contributed by atoms with Gasteiger partial charge in [-0.05, 0) is 31.2 Å². The number of ether oxygens (including phenoxy) is 6. The average molecular weight is 757 g/mol. The molecule has 15 atom stereocenters. The molecule has 292 valence electrons. The van der Waals surface area contributed by atoms with Gasteiger partial charge in [0.25, 0.3) is 0 Å². The highest BCUT2D eigenvalue weighted by Crippen LogP contribution is 2.38. The monoisotopic (exact) mass is 756 g/mol. The van der Waals surface area contributed by atoms with Gasteiger partial charge in [0.15, 0.2) is 24.4 Å². The summed E-state index contributed by atoms with van der Waals surface area (Å²) in [4.78, 5) is 14.0. The third-order valence-electron chi connectivity index (χ3n) is 9.30. The van der Waals surface area contributed by atoms with E-state index in [9.17, 15) is 66.1 Å². The standard InChI is InChI=1S/C33H40O20/c1-10-19(38)23(42)26(45)31(48-10)47-9-17-21(40)25(44)30(53-32-27(46)24(43)20(39)16(8-34)50-32)33(51-17)52-29-22(41)18-14(37)6-13(36)7-15(18)49-28(29)11-2-4-12(35)5-3-11/h2-7,10,16-17,19-21,23-27,30-40,42-46H,8-9H2,1H3/t10-,16+,17+,19-,20+,21+,23+,24-,25-,26+,27+,30+,31+,32-,33-/m1/s1. The number of benzene rings is 2. The van der Waals surface area contributed by atoms with Crippen molar-refractivity contribution in [2.75, 3.05) is 13.2 Å². The highest BCUT2D eigenvalue weighted by Gasteiger charge is 2.52. The van der Waals surface area contributed by atoms with Crippen molar-refractivity contribution in [3.8, 4) is 34.3 Å². The zero-order chi connectivity index (χ0) is 38.5. The lowest BCUT2D eigenvalue weighted by Crippen LogP contribution is -2.65. The molecule has 0 radical (unpaired) electrons. The lowest BCUT2D eigenvalue weighted by Gasteiger charge is -2.46. The van der Waals surface area contributed by atoms with Crippen molar-refractivity contribution in [1.82, 2.24) is 0 Å². The molecule has 3 aromatic rings. The summed E-state index contributed by atoms with van der Waals surface area (Å²) in [6.45, 7) is -0.140. The lowest BCUT2D eigenvalue weighted by atomic mass is 9.97. The highest BCUT2D eigenvalue weighted by molar-refractivity contribution is 5.88. The fourth-order valence-corrected chi connectivity index (χ4v) is 6.25. The third kappa shape index (κ3) is 7.52. The lowest BCUT2D eigenvalue weighted by molar-refractivity contribution is -0.362. The molecular formula is C33H40O20. The number of phenolic OH excluding ortho intramolecular Hbond substituents is 3. The van der Waals surface area contributed by atoms with Crippen molar-refractivity contribution in [3.05, 3.63) is 46.6 Å². The summed E-state index contributed by atoms with van der Waals surface area (Å²) >= 11 is 0. The van der Waals surface area contributed by atoms with Gasteiger partial charge >= 0.3 is 0 Å². The predicted molar refractivity (Wildman–Crippen MR) is 171 cm³/mol. The first kappa shape index (κ1) is 39.0. The Kier molecular flexibility index (Phi) is 11.5. The first-order valence-electron chi connectivity index (χ1n) is 16.4. The second-order valence-corrected chi connectivity index (χ2v) is 12.9. The molecule has 0 aliphatic carbocycles. The largest absolute Gasteiger partial charge is 0.508 e. The Morgan fingerprint density at radius 1 is 0.679 bits per heavy atom. The molecular weight excluding hydrogens is 716 g/mol. The van der Waals surface area contributed by atoms with Gasteiger partial charge in [0.2, 0.25) is 17.5 Å². The van der Waals surface area contributed by atoms with E-state index < -0.39 is 133 Å². The maximum absolute atomic E-state index is 14.0. The smallest absolute Gasteiger partial charge is 0.239 e. The summed E-state index contributed by atoms with van der Waals surface area (Å²) in [7, 11) is 0. The minimum Gasteiger partial charge on any atom is -0.508 e. The maximum Gasteiger partial charge on any atom is 0.239 e.